The van der Waals surface area contributed by atoms with Gasteiger partial charge in [-0.2, -0.15) is 8.78 Å². The third-order valence-corrected chi connectivity index (χ3v) is 5.42. The van der Waals surface area contributed by atoms with Crippen LogP contribution < -0.4 is 10.6 Å². The summed E-state index contributed by atoms with van der Waals surface area (Å²) in [5, 5.41) is 5.54. The molecule has 2 aromatic carbocycles. The van der Waals surface area contributed by atoms with Gasteiger partial charge in [0.15, 0.2) is 0 Å². The highest BCUT2D eigenvalue weighted by atomic mass is 35.5. The number of halogens is 3. The van der Waals surface area contributed by atoms with Crippen LogP contribution in [-0.2, 0) is 15.1 Å². The molecule has 1 fully saturated rings. The summed E-state index contributed by atoms with van der Waals surface area (Å²) in [5.74, 6) is -3.94. The Bertz CT molecular complexity index is 958. The Kier molecular flexibility index (Phi) is 6.09. The van der Waals surface area contributed by atoms with Gasteiger partial charge in [-0.05, 0) is 36.8 Å². The molecule has 1 atom stereocenters. The van der Waals surface area contributed by atoms with Gasteiger partial charge in [0.1, 0.15) is 12.1 Å². The van der Waals surface area contributed by atoms with Gasteiger partial charge in [0.2, 0.25) is 5.91 Å². The Hall–Kier alpha value is -2.65. The van der Waals surface area contributed by atoms with Crippen molar-refractivity contribution >= 4 is 46.9 Å². The number of carbonyl (C=O) groups excluding carboxylic acids is 3. The number of anilines is 1. The minimum atomic E-state index is -2.65. The maximum Gasteiger partial charge on any atom is 0.325 e. The maximum absolute atomic E-state index is 12.8. The minimum absolute atomic E-state index is 0.176. The molecule has 1 aliphatic rings. The van der Waals surface area contributed by atoms with E-state index >= 15 is 0 Å². The number of rotatable bonds is 6. The van der Waals surface area contributed by atoms with Crippen LogP contribution in [0.2, 0.25) is 5.02 Å². The lowest BCUT2D eigenvalue weighted by Gasteiger charge is -2.22. The molecule has 10 heteroatoms. The second-order valence-electron chi connectivity index (χ2n) is 6.38. The molecule has 152 valence electrons. The first-order valence-electron chi connectivity index (χ1n) is 8.44. The summed E-state index contributed by atoms with van der Waals surface area (Å²) in [6.07, 6.45) is 0. The summed E-state index contributed by atoms with van der Waals surface area (Å²) in [4.78, 5) is 38.5. The number of imide groups is 1. The number of hydrogen-bond donors (Lipinski definition) is 2. The molecule has 0 spiro atoms. The summed E-state index contributed by atoms with van der Waals surface area (Å²) in [5.41, 5.74) is -0.650. The van der Waals surface area contributed by atoms with E-state index in [1.54, 1.807) is 36.4 Å². The number of nitrogens with zero attached hydrogens (tertiary/aromatic N) is 1. The molecule has 1 saturated heterocycles. The summed E-state index contributed by atoms with van der Waals surface area (Å²) in [6.45, 7) is 0.977. The van der Waals surface area contributed by atoms with Crippen molar-refractivity contribution in [2.45, 2.75) is 23.1 Å². The van der Waals surface area contributed by atoms with Gasteiger partial charge < -0.3 is 10.6 Å². The molecule has 1 aliphatic heterocycles. The molecule has 4 amide bonds. The van der Waals surface area contributed by atoms with Crippen molar-refractivity contribution in [3.05, 3.63) is 59.1 Å². The molecule has 0 radical (unpaired) electrons. The molecule has 0 aromatic heterocycles. The van der Waals surface area contributed by atoms with Gasteiger partial charge in [-0.1, -0.05) is 47.6 Å². The van der Waals surface area contributed by atoms with Gasteiger partial charge >= 0.3 is 6.03 Å². The molecular weight excluding hydrogens is 424 g/mol. The monoisotopic (exact) mass is 439 g/mol. The smallest absolute Gasteiger partial charge is 0.324 e. The Morgan fingerprint density at radius 2 is 1.86 bits per heavy atom. The summed E-state index contributed by atoms with van der Waals surface area (Å²) < 4.78 is 25.4. The lowest BCUT2D eigenvalue weighted by molar-refractivity contribution is -0.133. The van der Waals surface area contributed by atoms with E-state index in [1.165, 1.54) is 19.1 Å². The van der Waals surface area contributed by atoms with Crippen LogP contribution >= 0.6 is 23.4 Å². The summed E-state index contributed by atoms with van der Waals surface area (Å²) in [6, 6.07) is 11.7. The highest BCUT2D eigenvalue weighted by Crippen LogP contribution is 2.32. The minimum Gasteiger partial charge on any atom is -0.324 e. The number of amides is 4. The first-order chi connectivity index (χ1) is 13.7. The number of thioether (sulfide) groups is 1. The van der Waals surface area contributed by atoms with Crippen LogP contribution in [0.25, 0.3) is 0 Å². The van der Waals surface area contributed by atoms with E-state index in [-0.39, 0.29) is 10.6 Å². The molecule has 2 N–H and O–H groups in total. The van der Waals surface area contributed by atoms with Gasteiger partial charge in [0.05, 0.1) is 5.69 Å². The van der Waals surface area contributed by atoms with Crippen molar-refractivity contribution in [2.24, 2.45) is 0 Å². The van der Waals surface area contributed by atoms with Crippen molar-refractivity contribution in [1.82, 2.24) is 10.2 Å². The largest absolute Gasteiger partial charge is 0.325 e. The van der Waals surface area contributed by atoms with E-state index in [4.69, 9.17) is 11.6 Å². The van der Waals surface area contributed by atoms with Crippen LogP contribution in [0, 0.1) is 0 Å². The quantitative estimate of drug-likeness (QED) is 0.525. The second-order valence-corrected chi connectivity index (χ2v) is 7.84. The zero-order chi connectivity index (χ0) is 21.2. The summed E-state index contributed by atoms with van der Waals surface area (Å²) >= 11 is 6.15. The van der Waals surface area contributed by atoms with E-state index in [2.05, 4.69) is 10.6 Å². The van der Waals surface area contributed by atoms with Crippen LogP contribution in [0.4, 0.5) is 19.3 Å². The standard InChI is InChI=1S/C19H16ClF2N3O3S/c1-19(11-6-8-12(20)9-7-11)16(27)25(18(28)24-19)10-15(26)23-13-4-2-3-5-14(13)29-17(21)22/h2-9,17H,10H2,1H3,(H,23,26)(H,24,28). The molecule has 0 bridgehead atoms. The highest BCUT2D eigenvalue weighted by Gasteiger charge is 2.49. The normalized spacial score (nSPS) is 18.9. The summed E-state index contributed by atoms with van der Waals surface area (Å²) in [7, 11) is 0. The second kappa shape index (κ2) is 8.38. The van der Waals surface area contributed by atoms with Crippen LogP contribution in [0.5, 0.6) is 0 Å². The number of benzene rings is 2. The van der Waals surface area contributed by atoms with E-state index in [9.17, 15) is 23.2 Å². The van der Waals surface area contributed by atoms with Crippen molar-refractivity contribution in [2.75, 3.05) is 11.9 Å². The van der Waals surface area contributed by atoms with Crippen LogP contribution in [-0.4, -0.2) is 35.0 Å². The van der Waals surface area contributed by atoms with Gasteiger partial charge in [0, 0.05) is 9.92 Å². The lowest BCUT2D eigenvalue weighted by atomic mass is 9.92. The van der Waals surface area contributed by atoms with E-state index in [0.29, 0.717) is 22.3 Å². The van der Waals surface area contributed by atoms with Crippen molar-refractivity contribution < 1.29 is 23.2 Å². The molecule has 1 unspecified atom stereocenters. The molecule has 0 aliphatic carbocycles. The van der Waals surface area contributed by atoms with Gasteiger partial charge in [-0.25, -0.2) is 4.79 Å². The van der Waals surface area contributed by atoms with Gasteiger partial charge in [-0.15, -0.1) is 0 Å². The molecule has 29 heavy (non-hydrogen) atoms. The van der Waals surface area contributed by atoms with Crippen molar-refractivity contribution in [3.63, 3.8) is 0 Å². The van der Waals surface area contributed by atoms with E-state index in [0.717, 1.165) is 4.90 Å². The average Bonchev–Trinajstić information content (AvgIpc) is 2.87. The number of alkyl halides is 2. The zero-order valence-corrected chi connectivity index (χ0v) is 16.7. The Morgan fingerprint density at radius 1 is 1.21 bits per heavy atom. The Labute approximate surface area is 174 Å². The molecule has 6 nitrogen and oxygen atoms in total. The predicted molar refractivity (Wildman–Crippen MR) is 106 cm³/mol. The Balaban J connectivity index is 1.74. The topological polar surface area (TPSA) is 78.5 Å². The van der Waals surface area contributed by atoms with Gasteiger partial charge in [0.25, 0.3) is 11.7 Å². The van der Waals surface area contributed by atoms with Gasteiger partial charge in [-0.3, -0.25) is 14.5 Å². The van der Waals surface area contributed by atoms with E-state index < -0.39 is 35.7 Å². The van der Waals surface area contributed by atoms with E-state index in [1.807, 2.05) is 0 Å². The zero-order valence-electron chi connectivity index (χ0n) is 15.1. The van der Waals surface area contributed by atoms with Crippen LogP contribution in [0.3, 0.4) is 0 Å². The fourth-order valence-electron chi connectivity index (χ4n) is 2.92. The highest BCUT2D eigenvalue weighted by molar-refractivity contribution is 7.99. The average molecular weight is 440 g/mol. The fraction of sp³-hybridized carbons (Fsp3) is 0.211. The maximum atomic E-state index is 12.8. The Morgan fingerprint density at radius 3 is 2.52 bits per heavy atom. The van der Waals surface area contributed by atoms with Crippen LogP contribution in [0.15, 0.2) is 53.4 Å². The first-order valence-corrected chi connectivity index (χ1v) is 9.70. The molecule has 1 heterocycles. The predicted octanol–water partition coefficient (Wildman–Crippen LogP) is 4.06. The molecule has 2 aromatic rings. The molecule has 0 saturated carbocycles. The first kappa shape index (κ1) is 21.1. The lowest BCUT2D eigenvalue weighted by Crippen LogP contribution is -2.42. The number of carbonyl (C=O) groups is 3. The third kappa shape index (κ3) is 4.51. The van der Waals surface area contributed by atoms with Crippen molar-refractivity contribution in [3.8, 4) is 0 Å². The van der Waals surface area contributed by atoms with Crippen molar-refractivity contribution in [1.29, 1.82) is 0 Å². The number of nitrogens with one attached hydrogen (secondary N) is 2. The molecule has 3 rings (SSSR count). The molecular formula is C19H16ClF2N3O3S. The number of urea groups is 1. The number of para-hydroxylation sites is 1. The SMILES string of the molecule is CC1(c2ccc(Cl)cc2)NC(=O)N(CC(=O)Nc2ccccc2SC(F)F)C1=O. The fourth-order valence-corrected chi connectivity index (χ4v) is 3.64. The van der Waals surface area contributed by atoms with Crippen LogP contribution in [0.1, 0.15) is 12.5 Å². The number of hydrogen-bond acceptors (Lipinski definition) is 4. The third-order valence-electron chi connectivity index (χ3n) is 4.38.